The van der Waals surface area contributed by atoms with Crippen molar-refractivity contribution in [1.29, 1.82) is 0 Å². The summed E-state index contributed by atoms with van der Waals surface area (Å²) in [4.78, 5) is 35.9. The van der Waals surface area contributed by atoms with Crippen LogP contribution >= 0.6 is 0 Å². The molecule has 1 rings (SSSR count). The Morgan fingerprint density at radius 2 is 1.64 bits per heavy atom. The number of Topliss-reactive ketones (excluding diaryl/α,β-unsaturated/α-hetero) is 1. The Labute approximate surface area is 130 Å². The maximum Gasteiger partial charge on any atom is 0.420 e. The number of carbonyl (C=O) groups is 3. The highest BCUT2D eigenvalue weighted by Gasteiger charge is 2.29. The molecule has 120 valence electrons. The van der Waals surface area contributed by atoms with Crippen molar-refractivity contribution < 1.29 is 23.9 Å². The molecule has 1 aromatic carbocycles. The molecule has 2 amide bonds. The van der Waals surface area contributed by atoms with Gasteiger partial charge in [0.15, 0.2) is 0 Å². The van der Waals surface area contributed by atoms with E-state index in [4.69, 9.17) is 9.47 Å². The van der Waals surface area contributed by atoms with Crippen LogP contribution < -0.4 is 0 Å². The van der Waals surface area contributed by atoms with E-state index in [2.05, 4.69) is 0 Å². The molecule has 0 unspecified atom stereocenters. The average Bonchev–Trinajstić information content (AvgIpc) is 2.41. The fraction of sp³-hybridized carbons (Fsp3) is 0.438. The van der Waals surface area contributed by atoms with Crippen LogP contribution in [0, 0.1) is 0 Å². The Morgan fingerprint density at radius 1 is 1.05 bits per heavy atom. The van der Waals surface area contributed by atoms with Gasteiger partial charge in [-0.1, -0.05) is 30.3 Å². The van der Waals surface area contributed by atoms with E-state index in [1.807, 2.05) is 18.2 Å². The largest absolute Gasteiger partial charge is 0.444 e. The van der Waals surface area contributed by atoms with E-state index < -0.39 is 17.8 Å². The molecule has 0 radical (unpaired) electrons. The van der Waals surface area contributed by atoms with Crippen molar-refractivity contribution in [3.63, 3.8) is 0 Å². The van der Waals surface area contributed by atoms with E-state index in [1.165, 1.54) is 6.92 Å². The SMILES string of the molecule is CC(=O)CN(C(=O)OCc1ccccc1)C(=O)OC(C)(C)C. The number of imide groups is 1. The molecule has 0 atom stereocenters. The molecule has 0 N–H and O–H groups in total. The topological polar surface area (TPSA) is 72.9 Å². The number of hydrogen-bond acceptors (Lipinski definition) is 5. The zero-order valence-corrected chi connectivity index (χ0v) is 13.3. The van der Waals surface area contributed by atoms with Crippen LogP contribution in [0.3, 0.4) is 0 Å². The van der Waals surface area contributed by atoms with Crippen LogP contribution in [0.2, 0.25) is 0 Å². The van der Waals surface area contributed by atoms with Crippen LogP contribution in [0.5, 0.6) is 0 Å². The lowest BCUT2D eigenvalue weighted by molar-refractivity contribution is -0.118. The van der Waals surface area contributed by atoms with Crippen molar-refractivity contribution in [1.82, 2.24) is 4.90 Å². The number of rotatable bonds is 4. The second kappa shape index (κ2) is 7.59. The van der Waals surface area contributed by atoms with Gasteiger partial charge in [0.1, 0.15) is 18.0 Å². The Morgan fingerprint density at radius 3 is 2.14 bits per heavy atom. The minimum atomic E-state index is -0.909. The van der Waals surface area contributed by atoms with Crippen LogP contribution in [0.4, 0.5) is 9.59 Å². The summed E-state index contributed by atoms with van der Waals surface area (Å²) in [6.07, 6.45) is -1.81. The summed E-state index contributed by atoms with van der Waals surface area (Å²) in [5.41, 5.74) is 0.00839. The molecule has 0 fully saturated rings. The van der Waals surface area contributed by atoms with Gasteiger partial charge in [-0.2, -0.15) is 0 Å². The fourth-order valence-corrected chi connectivity index (χ4v) is 1.54. The zero-order valence-electron chi connectivity index (χ0n) is 13.3. The third kappa shape index (κ3) is 6.39. The molecule has 0 spiro atoms. The molecule has 0 aliphatic rings. The predicted molar refractivity (Wildman–Crippen MR) is 80.2 cm³/mol. The van der Waals surface area contributed by atoms with Crippen LogP contribution in [-0.4, -0.2) is 35.0 Å². The molecular weight excluding hydrogens is 286 g/mol. The van der Waals surface area contributed by atoms with E-state index in [0.29, 0.717) is 4.90 Å². The van der Waals surface area contributed by atoms with Gasteiger partial charge >= 0.3 is 12.2 Å². The van der Waals surface area contributed by atoms with Crippen LogP contribution in [0.15, 0.2) is 30.3 Å². The van der Waals surface area contributed by atoms with Gasteiger partial charge < -0.3 is 9.47 Å². The first-order valence-electron chi connectivity index (χ1n) is 6.89. The first-order chi connectivity index (χ1) is 10.2. The number of ether oxygens (including phenoxy) is 2. The minimum Gasteiger partial charge on any atom is -0.444 e. The molecule has 0 aromatic heterocycles. The van der Waals surface area contributed by atoms with Gasteiger partial charge in [0.25, 0.3) is 0 Å². The number of nitrogens with zero attached hydrogens (tertiary/aromatic N) is 1. The van der Waals surface area contributed by atoms with Gasteiger partial charge in [0.2, 0.25) is 0 Å². The average molecular weight is 307 g/mol. The Kier molecular flexibility index (Phi) is 6.10. The molecule has 0 saturated heterocycles. The Bertz CT molecular complexity index is 533. The summed E-state index contributed by atoms with van der Waals surface area (Å²) in [6.45, 7) is 5.92. The predicted octanol–water partition coefficient (Wildman–Crippen LogP) is 3.15. The van der Waals surface area contributed by atoms with Gasteiger partial charge in [-0.15, -0.1) is 0 Å². The fourth-order valence-electron chi connectivity index (χ4n) is 1.54. The first kappa shape index (κ1) is 17.7. The van der Waals surface area contributed by atoms with Gasteiger partial charge in [0, 0.05) is 0 Å². The lowest BCUT2D eigenvalue weighted by Crippen LogP contribution is -2.43. The third-order valence-electron chi connectivity index (χ3n) is 2.42. The van der Waals surface area contributed by atoms with Crippen molar-refractivity contribution in [2.45, 2.75) is 39.9 Å². The quantitative estimate of drug-likeness (QED) is 0.854. The molecular formula is C16H21NO5. The number of ketones is 1. The van der Waals surface area contributed by atoms with Crippen LogP contribution in [0.25, 0.3) is 0 Å². The van der Waals surface area contributed by atoms with Crippen molar-refractivity contribution in [3.05, 3.63) is 35.9 Å². The van der Waals surface area contributed by atoms with E-state index in [-0.39, 0.29) is 18.9 Å². The maximum absolute atomic E-state index is 12.0. The normalized spacial score (nSPS) is 10.7. The van der Waals surface area contributed by atoms with Crippen molar-refractivity contribution in [2.24, 2.45) is 0 Å². The van der Waals surface area contributed by atoms with Crippen LogP contribution in [0.1, 0.15) is 33.3 Å². The summed E-state index contributed by atoms with van der Waals surface area (Å²) in [5, 5.41) is 0. The lowest BCUT2D eigenvalue weighted by atomic mass is 10.2. The third-order valence-corrected chi connectivity index (χ3v) is 2.42. The smallest absolute Gasteiger partial charge is 0.420 e. The van der Waals surface area contributed by atoms with Gasteiger partial charge in [-0.3, -0.25) is 4.79 Å². The van der Waals surface area contributed by atoms with Gasteiger partial charge in [0.05, 0.1) is 6.54 Å². The van der Waals surface area contributed by atoms with E-state index in [1.54, 1.807) is 32.9 Å². The summed E-state index contributed by atoms with van der Waals surface area (Å²) < 4.78 is 10.2. The highest BCUT2D eigenvalue weighted by molar-refractivity contribution is 5.93. The molecule has 0 saturated carbocycles. The molecule has 0 aliphatic heterocycles. The van der Waals surface area contributed by atoms with E-state index >= 15 is 0 Å². The molecule has 6 nitrogen and oxygen atoms in total. The van der Waals surface area contributed by atoms with Gasteiger partial charge in [-0.25, -0.2) is 14.5 Å². The molecule has 6 heteroatoms. The minimum absolute atomic E-state index is 0.0108. The highest BCUT2D eigenvalue weighted by atomic mass is 16.6. The molecule has 0 heterocycles. The summed E-state index contributed by atoms with van der Waals surface area (Å²) in [7, 11) is 0. The second-order valence-electron chi connectivity index (χ2n) is 5.81. The molecule has 1 aromatic rings. The van der Waals surface area contributed by atoms with Crippen molar-refractivity contribution in [2.75, 3.05) is 6.54 Å². The van der Waals surface area contributed by atoms with Crippen molar-refractivity contribution >= 4 is 18.0 Å². The molecule has 0 aliphatic carbocycles. The summed E-state index contributed by atoms with van der Waals surface area (Å²) >= 11 is 0. The summed E-state index contributed by atoms with van der Waals surface area (Å²) in [6, 6.07) is 9.04. The zero-order chi connectivity index (χ0) is 16.8. The lowest BCUT2D eigenvalue weighted by Gasteiger charge is -2.25. The number of hydrogen-bond donors (Lipinski definition) is 0. The number of benzene rings is 1. The second-order valence-corrected chi connectivity index (χ2v) is 5.81. The summed E-state index contributed by atoms with van der Waals surface area (Å²) in [5.74, 6) is -0.345. The van der Waals surface area contributed by atoms with Gasteiger partial charge in [-0.05, 0) is 33.3 Å². The van der Waals surface area contributed by atoms with E-state index in [9.17, 15) is 14.4 Å². The monoisotopic (exact) mass is 307 g/mol. The Balaban J connectivity index is 2.71. The molecule has 0 bridgehead atoms. The Hall–Kier alpha value is -2.37. The highest BCUT2D eigenvalue weighted by Crippen LogP contribution is 2.11. The van der Waals surface area contributed by atoms with E-state index in [0.717, 1.165) is 5.56 Å². The first-order valence-corrected chi connectivity index (χ1v) is 6.89. The molecule has 22 heavy (non-hydrogen) atoms. The number of amides is 2. The standard InChI is InChI=1S/C16H21NO5/c1-12(18)10-17(15(20)22-16(2,3)4)14(19)21-11-13-8-6-5-7-9-13/h5-9H,10-11H2,1-4H3. The van der Waals surface area contributed by atoms with Crippen molar-refractivity contribution in [3.8, 4) is 0 Å². The van der Waals surface area contributed by atoms with Crippen LogP contribution in [-0.2, 0) is 20.9 Å². The maximum atomic E-state index is 12.0. The number of carbonyl (C=O) groups excluding carboxylic acids is 3.